The Balaban J connectivity index is 1.60. The molecule has 0 saturated heterocycles. The summed E-state index contributed by atoms with van der Waals surface area (Å²) in [7, 11) is 0. The molecule has 162 valence electrons. The Morgan fingerprint density at radius 3 is 2.81 bits per heavy atom. The molecule has 1 fully saturated rings. The van der Waals surface area contributed by atoms with Crippen molar-refractivity contribution in [3.63, 3.8) is 0 Å². The summed E-state index contributed by atoms with van der Waals surface area (Å²) < 4.78 is 0. The van der Waals surface area contributed by atoms with E-state index in [-0.39, 0.29) is 23.2 Å². The molecule has 0 bridgehead atoms. The molecule has 0 spiro atoms. The van der Waals surface area contributed by atoms with Crippen LogP contribution < -0.4 is 11.1 Å². The minimum absolute atomic E-state index is 0.0320. The van der Waals surface area contributed by atoms with E-state index in [1.165, 1.54) is 11.3 Å². The van der Waals surface area contributed by atoms with Crippen LogP contribution in [-0.2, 0) is 0 Å². The predicted molar refractivity (Wildman–Crippen MR) is 120 cm³/mol. The van der Waals surface area contributed by atoms with E-state index in [9.17, 15) is 15.0 Å². The number of pyridine rings is 2. The lowest BCUT2D eigenvalue weighted by Crippen LogP contribution is -2.49. The van der Waals surface area contributed by atoms with Crippen molar-refractivity contribution in [2.45, 2.75) is 44.3 Å². The van der Waals surface area contributed by atoms with Gasteiger partial charge in [-0.25, -0.2) is 9.97 Å². The molecule has 0 unspecified atom stereocenters. The highest BCUT2D eigenvalue weighted by Crippen LogP contribution is 2.43. The van der Waals surface area contributed by atoms with Crippen LogP contribution in [0, 0.1) is 5.92 Å². The van der Waals surface area contributed by atoms with Crippen LogP contribution in [0.2, 0.25) is 0 Å². The number of nitrogens with zero attached hydrogens (tertiary/aromatic N) is 3. The number of nitrogens with two attached hydrogens (primary N) is 1. The van der Waals surface area contributed by atoms with Gasteiger partial charge < -0.3 is 21.3 Å². The third kappa shape index (κ3) is 4.16. The highest BCUT2D eigenvalue weighted by molar-refractivity contribution is 7.13. The van der Waals surface area contributed by atoms with Gasteiger partial charge >= 0.3 is 0 Å². The highest BCUT2D eigenvalue weighted by atomic mass is 32.1. The number of anilines is 2. The second-order valence-corrected chi connectivity index (χ2v) is 9.09. The molecule has 8 nitrogen and oxygen atoms in total. The molecule has 3 heterocycles. The van der Waals surface area contributed by atoms with Gasteiger partial charge in [0.25, 0.3) is 5.91 Å². The van der Waals surface area contributed by atoms with Crippen molar-refractivity contribution >= 4 is 28.6 Å². The van der Waals surface area contributed by atoms with Gasteiger partial charge in [-0.2, -0.15) is 0 Å². The highest BCUT2D eigenvalue weighted by Gasteiger charge is 2.43. The topological polar surface area (TPSA) is 134 Å². The number of aromatic nitrogens is 3. The minimum Gasteiger partial charge on any atom is -0.397 e. The number of rotatable bonds is 4. The van der Waals surface area contributed by atoms with Gasteiger partial charge in [-0.05, 0) is 55.4 Å². The first-order chi connectivity index (χ1) is 14.8. The number of hydrogen-bond acceptors (Lipinski definition) is 8. The van der Waals surface area contributed by atoms with Gasteiger partial charge in [0.05, 0.1) is 35.0 Å². The summed E-state index contributed by atoms with van der Waals surface area (Å²) in [6, 6.07) is 5.21. The smallest absolute Gasteiger partial charge is 0.276 e. The van der Waals surface area contributed by atoms with Crippen LogP contribution in [0.5, 0.6) is 0 Å². The Kier molecular flexibility index (Phi) is 5.74. The Bertz CT molecular complexity index is 1070. The van der Waals surface area contributed by atoms with Crippen LogP contribution in [0.15, 0.2) is 42.2 Å². The molecule has 31 heavy (non-hydrogen) atoms. The third-order valence-electron chi connectivity index (χ3n) is 6.15. The molecule has 0 aliphatic heterocycles. The lowest BCUT2D eigenvalue weighted by Gasteiger charge is -2.43. The maximum atomic E-state index is 13.0. The molecule has 3 aromatic rings. The predicted octanol–water partition coefficient (Wildman–Crippen LogP) is 3.06. The van der Waals surface area contributed by atoms with Crippen molar-refractivity contribution < 1.29 is 15.0 Å². The van der Waals surface area contributed by atoms with Crippen molar-refractivity contribution in [2.75, 3.05) is 11.1 Å². The Hall–Kier alpha value is -2.88. The van der Waals surface area contributed by atoms with E-state index in [0.717, 1.165) is 5.56 Å². The largest absolute Gasteiger partial charge is 0.397 e. The maximum Gasteiger partial charge on any atom is 0.276 e. The standard InChI is InChI=1S/C22H25N5O3S/c1-12-9-13(10-18(28)22(12,2)30)14-5-6-24-11-17(14)27-20(29)19-15(23)3-4-16(26-19)21-25-7-8-31-21/h3-8,11-13,18,28,30H,9-10,23H2,1-2H3,(H,27,29)/t12-,13+,18+,22+/m0/s1. The zero-order chi connectivity index (χ0) is 22.2. The molecule has 4 atom stereocenters. The summed E-state index contributed by atoms with van der Waals surface area (Å²) in [6.45, 7) is 3.58. The quantitative estimate of drug-likeness (QED) is 0.491. The van der Waals surface area contributed by atoms with Gasteiger partial charge in [0, 0.05) is 17.8 Å². The van der Waals surface area contributed by atoms with E-state index in [0.29, 0.717) is 29.2 Å². The molecule has 0 aromatic carbocycles. The second-order valence-electron chi connectivity index (χ2n) is 8.20. The number of thiazole rings is 1. The van der Waals surface area contributed by atoms with Crippen molar-refractivity contribution in [3.05, 3.63) is 53.4 Å². The summed E-state index contributed by atoms with van der Waals surface area (Å²) in [6.07, 6.45) is 5.13. The van der Waals surface area contributed by atoms with Crippen LogP contribution >= 0.6 is 11.3 Å². The van der Waals surface area contributed by atoms with Crippen LogP contribution in [0.1, 0.15) is 48.7 Å². The Morgan fingerprint density at radius 2 is 2.10 bits per heavy atom. The van der Waals surface area contributed by atoms with E-state index >= 15 is 0 Å². The number of carbonyl (C=O) groups excluding carboxylic acids is 1. The van der Waals surface area contributed by atoms with Crippen molar-refractivity contribution in [1.82, 2.24) is 15.0 Å². The number of amides is 1. The SMILES string of the molecule is C[C@H]1C[C@@H](c2ccncc2NC(=O)c2nc(-c3nccs3)ccc2N)C[C@@H](O)[C@]1(C)O. The lowest BCUT2D eigenvalue weighted by atomic mass is 9.69. The summed E-state index contributed by atoms with van der Waals surface area (Å²) in [5.41, 5.74) is 7.25. The zero-order valence-electron chi connectivity index (χ0n) is 17.3. The van der Waals surface area contributed by atoms with Gasteiger partial charge in [0.1, 0.15) is 5.01 Å². The Labute approximate surface area is 184 Å². The Morgan fingerprint density at radius 1 is 1.29 bits per heavy atom. The van der Waals surface area contributed by atoms with E-state index in [1.807, 2.05) is 18.4 Å². The monoisotopic (exact) mass is 439 g/mol. The number of aliphatic hydroxyl groups excluding tert-OH is 1. The molecular formula is C22H25N5O3S. The first-order valence-electron chi connectivity index (χ1n) is 10.1. The molecule has 5 N–H and O–H groups in total. The van der Waals surface area contributed by atoms with Crippen LogP contribution in [0.3, 0.4) is 0 Å². The second kappa shape index (κ2) is 8.33. The fourth-order valence-electron chi connectivity index (χ4n) is 4.02. The molecule has 9 heteroatoms. The summed E-state index contributed by atoms with van der Waals surface area (Å²) in [4.78, 5) is 25.8. The van der Waals surface area contributed by atoms with Gasteiger partial charge in [0.2, 0.25) is 0 Å². The van der Waals surface area contributed by atoms with Gasteiger partial charge in [-0.3, -0.25) is 9.78 Å². The zero-order valence-corrected chi connectivity index (χ0v) is 18.1. The van der Waals surface area contributed by atoms with Gasteiger partial charge in [-0.1, -0.05) is 6.92 Å². The van der Waals surface area contributed by atoms with Gasteiger partial charge in [-0.15, -0.1) is 11.3 Å². The molecular weight excluding hydrogens is 414 g/mol. The molecule has 1 aliphatic carbocycles. The summed E-state index contributed by atoms with van der Waals surface area (Å²) in [5, 5.41) is 26.4. The fourth-order valence-corrected chi connectivity index (χ4v) is 4.63. The molecule has 1 saturated carbocycles. The number of carbonyl (C=O) groups is 1. The minimum atomic E-state index is -1.14. The summed E-state index contributed by atoms with van der Waals surface area (Å²) in [5.74, 6) is -0.581. The molecule has 0 radical (unpaired) electrons. The maximum absolute atomic E-state index is 13.0. The molecule has 4 rings (SSSR count). The van der Waals surface area contributed by atoms with E-state index in [4.69, 9.17) is 5.73 Å². The number of nitrogens with one attached hydrogen (secondary N) is 1. The lowest BCUT2D eigenvalue weighted by molar-refractivity contribution is -0.123. The van der Waals surface area contributed by atoms with E-state index in [1.54, 1.807) is 37.6 Å². The normalized spacial score (nSPS) is 25.9. The number of nitrogen functional groups attached to an aromatic ring is 1. The fraction of sp³-hybridized carbons (Fsp3) is 0.364. The molecule has 3 aromatic heterocycles. The van der Waals surface area contributed by atoms with Crippen LogP contribution in [-0.4, -0.2) is 42.8 Å². The first kappa shape index (κ1) is 21.4. The van der Waals surface area contributed by atoms with E-state index in [2.05, 4.69) is 20.3 Å². The third-order valence-corrected chi connectivity index (χ3v) is 6.95. The van der Waals surface area contributed by atoms with Crippen molar-refractivity contribution in [1.29, 1.82) is 0 Å². The number of hydrogen-bond donors (Lipinski definition) is 4. The number of aliphatic hydroxyl groups is 2. The van der Waals surface area contributed by atoms with Crippen molar-refractivity contribution in [2.24, 2.45) is 5.92 Å². The molecule has 1 aliphatic rings. The average molecular weight is 440 g/mol. The van der Waals surface area contributed by atoms with Crippen molar-refractivity contribution in [3.8, 4) is 10.7 Å². The van der Waals surface area contributed by atoms with Crippen LogP contribution in [0.25, 0.3) is 10.7 Å². The van der Waals surface area contributed by atoms with E-state index < -0.39 is 17.6 Å². The molecule has 1 amide bonds. The first-order valence-corrected chi connectivity index (χ1v) is 11.0. The van der Waals surface area contributed by atoms with Gasteiger partial charge in [0.15, 0.2) is 5.69 Å². The average Bonchev–Trinajstić information content (AvgIpc) is 3.27. The summed E-state index contributed by atoms with van der Waals surface area (Å²) >= 11 is 1.43. The van der Waals surface area contributed by atoms with Crippen LogP contribution in [0.4, 0.5) is 11.4 Å².